The minimum Gasteiger partial charge on any atom is -0.496 e. The Labute approximate surface area is 134 Å². The van der Waals surface area contributed by atoms with Crippen molar-refractivity contribution < 1.29 is 4.74 Å². The van der Waals surface area contributed by atoms with E-state index in [1.54, 1.807) is 13.4 Å². The molecule has 0 spiro atoms. The van der Waals surface area contributed by atoms with Gasteiger partial charge in [-0.25, -0.2) is 9.97 Å². The molecule has 1 N–H and O–H groups in total. The van der Waals surface area contributed by atoms with E-state index in [0.29, 0.717) is 5.02 Å². The number of fused-ring (bicyclic) bond motifs is 1. The molecule has 0 atom stereocenters. The average Bonchev–Trinajstić information content (AvgIpc) is 2.55. The van der Waals surface area contributed by atoms with Gasteiger partial charge < -0.3 is 10.1 Å². The van der Waals surface area contributed by atoms with Crippen molar-refractivity contribution in [3.05, 3.63) is 59.4 Å². The molecular weight excluding hydrogens is 298 g/mol. The molecule has 0 saturated heterocycles. The van der Waals surface area contributed by atoms with E-state index in [-0.39, 0.29) is 0 Å². The lowest BCUT2D eigenvalue weighted by Crippen LogP contribution is -2.08. The third-order valence-electron chi connectivity index (χ3n) is 3.47. The number of hydrogen-bond donors (Lipinski definition) is 1. The Morgan fingerprint density at radius 1 is 1.14 bits per heavy atom. The van der Waals surface area contributed by atoms with Gasteiger partial charge in [-0.2, -0.15) is 0 Å². The molecule has 22 heavy (non-hydrogen) atoms. The highest BCUT2D eigenvalue weighted by atomic mass is 35.5. The number of nitrogens with zero attached hydrogens (tertiary/aromatic N) is 2. The number of para-hydroxylation sites is 1. The number of nitrogens with one attached hydrogen (secondary N) is 1. The number of rotatable bonds is 5. The van der Waals surface area contributed by atoms with Crippen LogP contribution in [0.2, 0.25) is 5.02 Å². The van der Waals surface area contributed by atoms with Crippen LogP contribution in [0.25, 0.3) is 10.9 Å². The molecule has 0 aliphatic rings. The van der Waals surface area contributed by atoms with Crippen molar-refractivity contribution in [2.45, 2.75) is 6.42 Å². The number of halogens is 1. The lowest BCUT2D eigenvalue weighted by Gasteiger charge is -2.11. The summed E-state index contributed by atoms with van der Waals surface area (Å²) in [6.07, 6.45) is 2.37. The number of methoxy groups -OCH3 is 1. The second kappa shape index (κ2) is 6.62. The molecule has 112 valence electrons. The molecule has 0 amide bonds. The lowest BCUT2D eigenvalue weighted by molar-refractivity contribution is 0.410. The highest BCUT2D eigenvalue weighted by Gasteiger charge is 2.06. The van der Waals surface area contributed by atoms with E-state index in [1.807, 2.05) is 42.5 Å². The molecule has 0 aliphatic carbocycles. The number of aromatic nitrogens is 2. The Hall–Kier alpha value is -2.33. The topological polar surface area (TPSA) is 47.0 Å². The molecule has 1 heterocycles. The van der Waals surface area contributed by atoms with Crippen LogP contribution in [0.5, 0.6) is 5.75 Å². The fourth-order valence-corrected chi connectivity index (χ4v) is 2.60. The van der Waals surface area contributed by atoms with Crippen LogP contribution >= 0.6 is 11.6 Å². The number of ether oxygens (including phenoxy) is 1. The summed E-state index contributed by atoms with van der Waals surface area (Å²) in [5.41, 5.74) is 2.00. The standard InChI is InChI=1S/C17H16ClN3O/c1-22-16-7-6-13(18)10-12(16)8-9-19-17-14-4-2-3-5-15(14)20-11-21-17/h2-7,10-11H,8-9H2,1H3,(H,19,20,21). The minimum atomic E-state index is 0.711. The Morgan fingerprint density at radius 2 is 2.00 bits per heavy atom. The van der Waals surface area contributed by atoms with Gasteiger partial charge in [0.05, 0.1) is 12.6 Å². The fourth-order valence-electron chi connectivity index (χ4n) is 2.40. The van der Waals surface area contributed by atoms with Crippen LogP contribution in [0.4, 0.5) is 5.82 Å². The summed E-state index contributed by atoms with van der Waals surface area (Å²) in [6, 6.07) is 13.6. The van der Waals surface area contributed by atoms with Crippen molar-refractivity contribution in [3.8, 4) is 5.75 Å². The van der Waals surface area contributed by atoms with Gasteiger partial charge in [0, 0.05) is 17.0 Å². The number of benzene rings is 2. The molecule has 3 rings (SSSR count). The Morgan fingerprint density at radius 3 is 2.86 bits per heavy atom. The summed E-state index contributed by atoms with van der Waals surface area (Å²) in [6.45, 7) is 0.734. The van der Waals surface area contributed by atoms with Crippen molar-refractivity contribution in [1.29, 1.82) is 0 Å². The van der Waals surface area contributed by atoms with Gasteiger partial charge >= 0.3 is 0 Å². The van der Waals surface area contributed by atoms with Gasteiger partial charge in [0.1, 0.15) is 17.9 Å². The maximum atomic E-state index is 6.05. The molecule has 0 bridgehead atoms. The van der Waals surface area contributed by atoms with Gasteiger partial charge in [-0.3, -0.25) is 0 Å². The van der Waals surface area contributed by atoms with Crippen LogP contribution in [-0.2, 0) is 6.42 Å². The van der Waals surface area contributed by atoms with Crippen LogP contribution in [0.15, 0.2) is 48.8 Å². The van der Waals surface area contributed by atoms with Crippen LogP contribution in [0.1, 0.15) is 5.56 Å². The van der Waals surface area contributed by atoms with Gasteiger partial charge in [-0.05, 0) is 42.3 Å². The van der Waals surface area contributed by atoms with Crippen LogP contribution in [0, 0.1) is 0 Å². The maximum Gasteiger partial charge on any atom is 0.137 e. The van der Waals surface area contributed by atoms with Gasteiger partial charge in [0.2, 0.25) is 0 Å². The van der Waals surface area contributed by atoms with Crippen LogP contribution in [-0.4, -0.2) is 23.6 Å². The summed E-state index contributed by atoms with van der Waals surface area (Å²) in [5, 5.41) is 5.09. The van der Waals surface area contributed by atoms with E-state index < -0.39 is 0 Å². The Kier molecular flexibility index (Phi) is 4.39. The number of hydrogen-bond acceptors (Lipinski definition) is 4. The largest absolute Gasteiger partial charge is 0.496 e. The predicted octanol–water partition coefficient (Wildman–Crippen LogP) is 3.95. The smallest absolute Gasteiger partial charge is 0.137 e. The molecule has 4 nitrogen and oxygen atoms in total. The highest BCUT2D eigenvalue weighted by Crippen LogP contribution is 2.23. The molecule has 0 unspecified atom stereocenters. The summed E-state index contributed by atoms with van der Waals surface area (Å²) < 4.78 is 5.36. The first kappa shape index (κ1) is 14.6. The van der Waals surface area contributed by atoms with Crippen LogP contribution in [0.3, 0.4) is 0 Å². The first-order valence-corrected chi connectivity index (χ1v) is 7.42. The highest BCUT2D eigenvalue weighted by molar-refractivity contribution is 6.30. The molecule has 0 fully saturated rings. The first-order chi connectivity index (χ1) is 10.8. The van der Waals surface area contributed by atoms with E-state index in [4.69, 9.17) is 16.3 Å². The third-order valence-corrected chi connectivity index (χ3v) is 3.71. The predicted molar refractivity (Wildman–Crippen MR) is 89.7 cm³/mol. The zero-order valence-corrected chi connectivity index (χ0v) is 13.0. The molecule has 2 aromatic carbocycles. The van der Waals surface area contributed by atoms with E-state index in [0.717, 1.165) is 41.0 Å². The van der Waals surface area contributed by atoms with E-state index in [2.05, 4.69) is 15.3 Å². The molecule has 0 radical (unpaired) electrons. The second-order valence-electron chi connectivity index (χ2n) is 4.87. The zero-order valence-electron chi connectivity index (χ0n) is 12.2. The van der Waals surface area contributed by atoms with Crippen molar-refractivity contribution in [2.75, 3.05) is 19.0 Å². The molecule has 0 aliphatic heterocycles. The van der Waals surface area contributed by atoms with Gasteiger partial charge in [-0.15, -0.1) is 0 Å². The maximum absolute atomic E-state index is 6.05. The first-order valence-electron chi connectivity index (χ1n) is 7.04. The second-order valence-corrected chi connectivity index (χ2v) is 5.31. The molecular formula is C17H16ClN3O. The average molecular weight is 314 g/mol. The minimum absolute atomic E-state index is 0.711. The van der Waals surface area contributed by atoms with Gasteiger partial charge in [0.25, 0.3) is 0 Å². The summed E-state index contributed by atoms with van der Waals surface area (Å²) >= 11 is 6.05. The quantitative estimate of drug-likeness (QED) is 0.775. The third kappa shape index (κ3) is 3.12. The summed E-state index contributed by atoms with van der Waals surface area (Å²) in [5.74, 6) is 1.69. The fraction of sp³-hybridized carbons (Fsp3) is 0.176. The summed E-state index contributed by atoms with van der Waals surface area (Å²) in [4.78, 5) is 8.58. The molecule has 0 saturated carbocycles. The molecule has 5 heteroatoms. The molecule has 1 aromatic heterocycles. The SMILES string of the molecule is COc1ccc(Cl)cc1CCNc1ncnc2ccccc12. The van der Waals surface area contributed by atoms with Crippen LogP contribution < -0.4 is 10.1 Å². The lowest BCUT2D eigenvalue weighted by atomic mass is 10.1. The van der Waals surface area contributed by atoms with Crippen molar-refractivity contribution in [3.63, 3.8) is 0 Å². The monoisotopic (exact) mass is 313 g/mol. The van der Waals surface area contributed by atoms with Gasteiger partial charge in [0.15, 0.2) is 0 Å². The van der Waals surface area contributed by atoms with E-state index in [9.17, 15) is 0 Å². The van der Waals surface area contributed by atoms with Gasteiger partial charge in [-0.1, -0.05) is 23.7 Å². The Bertz CT molecular complexity index is 786. The molecule has 3 aromatic rings. The van der Waals surface area contributed by atoms with E-state index >= 15 is 0 Å². The summed E-state index contributed by atoms with van der Waals surface area (Å²) in [7, 11) is 1.66. The Balaban J connectivity index is 1.74. The van der Waals surface area contributed by atoms with E-state index in [1.165, 1.54) is 0 Å². The van der Waals surface area contributed by atoms with Crippen molar-refractivity contribution in [2.24, 2.45) is 0 Å². The van der Waals surface area contributed by atoms with Crippen molar-refractivity contribution >= 4 is 28.3 Å². The van der Waals surface area contributed by atoms with Crippen molar-refractivity contribution in [1.82, 2.24) is 9.97 Å². The number of anilines is 1. The zero-order chi connectivity index (χ0) is 15.4. The normalized spacial score (nSPS) is 10.6.